The van der Waals surface area contributed by atoms with E-state index in [4.69, 9.17) is 4.74 Å². The van der Waals surface area contributed by atoms with E-state index < -0.39 is 17.8 Å². The quantitative estimate of drug-likeness (QED) is 0.468. The Balaban J connectivity index is 1.71. The summed E-state index contributed by atoms with van der Waals surface area (Å²) >= 11 is 0. The zero-order valence-electron chi connectivity index (χ0n) is 18.2. The molecule has 11 heteroatoms. The summed E-state index contributed by atoms with van der Waals surface area (Å²) in [6, 6.07) is 10.2. The number of ether oxygens (including phenoxy) is 1. The van der Waals surface area contributed by atoms with Gasteiger partial charge in [0, 0.05) is 17.5 Å². The standard InChI is InChI=1S/C23H21F3N6O2/c1-34-14-10-8-13(9-11-14)19-30-20-15-5-4-6-16(23(24,25)26)18(15)29-22(32(20)31-19)28-17-7-2-3-12-27-21(17)33/h4-6,8-11,17H,2-3,7,12H2,1H3,(H,27,33)(H,28,29)/t17-/m0/s1. The van der Waals surface area contributed by atoms with Gasteiger partial charge in [-0.15, -0.1) is 5.10 Å². The lowest BCUT2D eigenvalue weighted by Gasteiger charge is -2.17. The third-order valence-corrected chi connectivity index (χ3v) is 5.79. The van der Waals surface area contributed by atoms with Crippen LogP contribution in [0, 0.1) is 0 Å². The van der Waals surface area contributed by atoms with Gasteiger partial charge in [-0.3, -0.25) is 4.79 Å². The van der Waals surface area contributed by atoms with E-state index in [1.807, 2.05) is 0 Å². The normalized spacial score (nSPS) is 16.9. The number of carbonyl (C=O) groups excluding carboxylic acids is 1. The van der Waals surface area contributed by atoms with Crippen molar-refractivity contribution in [3.8, 4) is 17.1 Å². The van der Waals surface area contributed by atoms with Gasteiger partial charge in [0.05, 0.1) is 18.2 Å². The summed E-state index contributed by atoms with van der Waals surface area (Å²) in [7, 11) is 1.55. The molecular weight excluding hydrogens is 449 g/mol. The third kappa shape index (κ3) is 3.97. The van der Waals surface area contributed by atoms with Crippen molar-refractivity contribution in [3.05, 3.63) is 48.0 Å². The van der Waals surface area contributed by atoms with Gasteiger partial charge in [0.1, 0.15) is 11.8 Å². The summed E-state index contributed by atoms with van der Waals surface area (Å²) in [6.45, 7) is 0.556. The molecule has 34 heavy (non-hydrogen) atoms. The molecule has 2 aromatic heterocycles. The molecule has 1 atom stereocenters. The number of benzene rings is 2. The Morgan fingerprint density at radius 1 is 1.12 bits per heavy atom. The summed E-state index contributed by atoms with van der Waals surface area (Å²) in [5.41, 5.74) is -0.274. The lowest BCUT2D eigenvalue weighted by atomic mass is 10.1. The largest absolute Gasteiger partial charge is 0.497 e. The fourth-order valence-electron chi connectivity index (χ4n) is 4.05. The predicted octanol–water partition coefficient (Wildman–Crippen LogP) is 4.05. The van der Waals surface area contributed by atoms with E-state index in [2.05, 4.69) is 25.7 Å². The fraction of sp³-hybridized carbons (Fsp3) is 0.304. The van der Waals surface area contributed by atoms with Crippen LogP contribution in [0.1, 0.15) is 24.8 Å². The van der Waals surface area contributed by atoms with E-state index >= 15 is 0 Å². The van der Waals surface area contributed by atoms with Crippen molar-refractivity contribution >= 4 is 28.4 Å². The highest BCUT2D eigenvalue weighted by molar-refractivity contribution is 5.95. The van der Waals surface area contributed by atoms with Crippen LogP contribution in [0.5, 0.6) is 5.75 Å². The number of rotatable bonds is 4. The number of hydrogen-bond acceptors (Lipinski definition) is 6. The number of methoxy groups -OCH3 is 1. The van der Waals surface area contributed by atoms with Gasteiger partial charge in [0.2, 0.25) is 11.9 Å². The van der Waals surface area contributed by atoms with Gasteiger partial charge in [0.15, 0.2) is 11.5 Å². The molecule has 176 valence electrons. The zero-order chi connectivity index (χ0) is 23.9. The molecule has 3 heterocycles. The number of fused-ring (bicyclic) bond motifs is 3. The van der Waals surface area contributed by atoms with E-state index in [0.717, 1.165) is 18.9 Å². The number of hydrogen-bond donors (Lipinski definition) is 2. The van der Waals surface area contributed by atoms with E-state index in [-0.39, 0.29) is 28.4 Å². The summed E-state index contributed by atoms with van der Waals surface area (Å²) < 4.78 is 47.9. The Morgan fingerprint density at radius 2 is 1.91 bits per heavy atom. The highest BCUT2D eigenvalue weighted by Gasteiger charge is 2.34. The highest BCUT2D eigenvalue weighted by atomic mass is 19.4. The minimum atomic E-state index is -4.61. The molecule has 0 spiro atoms. The van der Waals surface area contributed by atoms with Crippen LogP contribution in [0.4, 0.5) is 19.1 Å². The van der Waals surface area contributed by atoms with Crippen LogP contribution >= 0.6 is 0 Å². The molecule has 1 fully saturated rings. The Labute approximate surface area is 192 Å². The van der Waals surface area contributed by atoms with Gasteiger partial charge in [-0.2, -0.15) is 17.7 Å². The van der Waals surface area contributed by atoms with Gasteiger partial charge < -0.3 is 15.4 Å². The summed E-state index contributed by atoms with van der Waals surface area (Å²) in [5, 5.41) is 10.6. The number of alkyl halides is 3. The molecule has 1 saturated heterocycles. The summed E-state index contributed by atoms with van der Waals surface area (Å²) in [5.74, 6) is 0.750. The minimum absolute atomic E-state index is 0.0218. The average Bonchev–Trinajstić information content (AvgIpc) is 3.18. The minimum Gasteiger partial charge on any atom is -0.497 e. The molecule has 0 bridgehead atoms. The number of amides is 1. The maximum absolute atomic E-state index is 13.8. The van der Waals surface area contributed by atoms with Crippen molar-refractivity contribution in [2.45, 2.75) is 31.5 Å². The maximum Gasteiger partial charge on any atom is 0.418 e. The van der Waals surface area contributed by atoms with E-state index in [9.17, 15) is 18.0 Å². The molecule has 1 amide bonds. The second-order valence-electron chi connectivity index (χ2n) is 8.02. The molecule has 8 nitrogen and oxygen atoms in total. The zero-order valence-corrected chi connectivity index (χ0v) is 18.2. The molecule has 0 radical (unpaired) electrons. The first-order valence-electron chi connectivity index (χ1n) is 10.8. The van der Waals surface area contributed by atoms with Crippen molar-refractivity contribution in [1.29, 1.82) is 0 Å². The lowest BCUT2D eigenvalue weighted by molar-refractivity contribution is -0.136. The molecule has 2 N–H and O–H groups in total. The van der Waals surface area contributed by atoms with Crippen LogP contribution < -0.4 is 15.4 Å². The highest BCUT2D eigenvalue weighted by Crippen LogP contribution is 2.36. The van der Waals surface area contributed by atoms with Gasteiger partial charge in [-0.05, 0) is 55.7 Å². The first kappa shape index (κ1) is 21.9. The number of halogens is 3. The number of para-hydroxylation sites is 1. The van der Waals surface area contributed by atoms with Crippen molar-refractivity contribution in [2.75, 3.05) is 19.0 Å². The van der Waals surface area contributed by atoms with Crippen LogP contribution in [0.2, 0.25) is 0 Å². The van der Waals surface area contributed by atoms with E-state index in [0.29, 0.717) is 30.1 Å². The third-order valence-electron chi connectivity index (χ3n) is 5.79. The van der Waals surface area contributed by atoms with Crippen molar-refractivity contribution in [2.24, 2.45) is 0 Å². The predicted molar refractivity (Wildman–Crippen MR) is 120 cm³/mol. The Hall–Kier alpha value is -3.89. The maximum atomic E-state index is 13.8. The lowest BCUT2D eigenvalue weighted by Crippen LogP contribution is -2.38. The summed E-state index contributed by atoms with van der Waals surface area (Å²) in [6.07, 6.45) is -2.47. The van der Waals surface area contributed by atoms with Gasteiger partial charge >= 0.3 is 6.18 Å². The molecule has 0 saturated carbocycles. The van der Waals surface area contributed by atoms with Crippen LogP contribution in [-0.4, -0.2) is 45.2 Å². The molecule has 4 aromatic rings. The molecule has 2 aromatic carbocycles. The fourth-order valence-corrected chi connectivity index (χ4v) is 4.05. The van der Waals surface area contributed by atoms with Gasteiger partial charge in [0.25, 0.3) is 0 Å². The van der Waals surface area contributed by atoms with Crippen molar-refractivity contribution in [1.82, 2.24) is 24.9 Å². The van der Waals surface area contributed by atoms with Crippen molar-refractivity contribution < 1.29 is 22.7 Å². The molecule has 0 unspecified atom stereocenters. The first-order chi connectivity index (χ1) is 16.3. The van der Waals surface area contributed by atoms with Crippen LogP contribution in [0.3, 0.4) is 0 Å². The van der Waals surface area contributed by atoms with Gasteiger partial charge in [-0.1, -0.05) is 6.07 Å². The molecule has 0 aliphatic carbocycles. The Morgan fingerprint density at radius 3 is 2.65 bits per heavy atom. The van der Waals surface area contributed by atoms with E-state index in [1.165, 1.54) is 16.6 Å². The number of carbonyl (C=O) groups is 1. The Bertz CT molecular complexity index is 1370. The van der Waals surface area contributed by atoms with Crippen LogP contribution in [-0.2, 0) is 11.0 Å². The molecule has 1 aliphatic heterocycles. The van der Waals surface area contributed by atoms with Crippen LogP contribution in [0.25, 0.3) is 27.9 Å². The second-order valence-corrected chi connectivity index (χ2v) is 8.02. The number of anilines is 1. The summed E-state index contributed by atoms with van der Waals surface area (Å²) in [4.78, 5) is 21.3. The molecule has 5 rings (SSSR count). The second kappa shape index (κ2) is 8.47. The Kier molecular flexibility index (Phi) is 5.46. The smallest absolute Gasteiger partial charge is 0.418 e. The van der Waals surface area contributed by atoms with Gasteiger partial charge in [-0.25, -0.2) is 9.97 Å². The number of nitrogens with zero attached hydrogens (tertiary/aromatic N) is 4. The first-order valence-corrected chi connectivity index (χ1v) is 10.8. The average molecular weight is 470 g/mol. The molecular formula is C23H21F3N6O2. The topological polar surface area (TPSA) is 93.4 Å². The van der Waals surface area contributed by atoms with Crippen LogP contribution in [0.15, 0.2) is 42.5 Å². The number of nitrogens with one attached hydrogen (secondary N) is 2. The van der Waals surface area contributed by atoms with Crippen molar-refractivity contribution in [3.63, 3.8) is 0 Å². The SMILES string of the molecule is COc1ccc(-c2nc3c4cccc(C(F)(F)F)c4nc(N[C@H]4CCCCNC4=O)n3n2)cc1. The monoisotopic (exact) mass is 470 g/mol. The molecule has 1 aliphatic rings. The van der Waals surface area contributed by atoms with E-state index in [1.54, 1.807) is 31.4 Å². The number of aromatic nitrogens is 4.